The summed E-state index contributed by atoms with van der Waals surface area (Å²) in [6.45, 7) is 9.47. The number of hydrogen-bond donors (Lipinski definition) is 0. The fraction of sp³-hybridized carbons (Fsp3) is 0.381. The van der Waals surface area contributed by atoms with Crippen molar-refractivity contribution in [3.63, 3.8) is 0 Å². The van der Waals surface area contributed by atoms with Gasteiger partial charge in [0.05, 0.1) is 5.69 Å². The molecule has 3 aromatic rings. The Morgan fingerprint density at radius 1 is 1.04 bits per heavy atom. The second-order valence-corrected chi connectivity index (χ2v) is 7.07. The van der Waals surface area contributed by atoms with Crippen molar-refractivity contribution in [2.75, 3.05) is 31.1 Å². The number of halogens is 1. The van der Waals surface area contributed by atoms with Crippen LogP contribution < -0.4 is 4.90 Å². The van der Waals surface area contributed by atoms with Crippen molar-refractivity contribution in [3.05, 3.63) is 59.9 Å². The number of anilines is 1. The van der Waals surface area contributed by atoms with E-state index < -0.39 is 0 Å². The highest BCUT2D eigenvalue weighted by Crippen LogP contribution is 2.29. The van der Waals surface area contributed by atoms with Crippen LogP contribution in [0.4, 0.5) is 10.2 Å². The van der Waals surface area contributed by atoms with Crippen LogP contribution in [0.2, 0.25) is 0 Å². The minimum atomic E-state index is -0.272. The van der Waals surface area contributed by atoms with Crippen LogP contribution in [0.5, 0.6) is 0 Å². The summed E-state index contributed by atoms with van der Waals surface area (Å²) >= 11 is 0. The zero-order valence-corrected chi connectivity index (χ0v) is 16.3. The molecule has 1 fully saturated rings. The molecule has 0 bridgehead atoms. The number of nitrogens with zero attached hydrogens (tertiary/aromatic N) is 6. The molecule has 146 valence electrons. The highest BCUT2D eigenvalue weighted by Gasteiger charge is 2.23. The SMILES string of the molecule is CCn1cc(CN2CCN(c3nccnc3-c3ccccc3F)CC2)c(C)n1. The molecule has 0 N–H and O–H groups in total. The molecule has 0 saturated carbocycles. The normalized spacial score (nSPS) is 15.2. The Morgan fingerprint density at radius 2 is 1.79 bits per heavy atom. The van der Waals surface area contributed by atoms with Gasteiger partial charge in [0.25, 0.3) is 0 Å². The van der Waals surface area contributed by atoms with Gasteiger partial charge in [0.15, 0.2) is 5.82 Å². The summed E-state index contributed by atoms with van der Waals surface area (Å²) in [4.78, 5) is 13.6. The molecule has 0 atom stereocenters. The molecule has 0 unspecified atom stereocenters. The summed E-state index contributed by atoms with van der Waals surface area (Å²) in [5, 5.41) is 4.54. The predicted octanol–water partition coefficient (Wildman–Crippen LogP) is 3.13. The second-order valence-electron chi connectivity index (χ2n) is 7.07. The van der Waals surface area contributed by atoms with Crippen LogP contribution in [0.1, 0.15) is 18.2 Å². The lowest BCUT2D eigenvalue weighted by Crippen LogP contribution is -2.46. The highest BCUT2D eigenvalue weighted by atomic mass is 19.1. The smallest absolute Gasteiger partial charge is 0.155 e. The van der Waals surface area contributed by atoms with Gasteiger partial charge in [-0.3, -0.25) is 14.6 Å². The number of piperazine rings is 1. The predicted molar refractivity (Wildman–Crippen MR) is 108 cm³/mol. The Balaban J connectivity index is 1.47. The highest BCUT2D eigenvalue weighted by molar-refractivity contribution is 5.72. The fourth-order valence-electron chi connectivity index (χ4n) is 3.64. The van der Waals surface area contributed by atoms with Gasteiger partial charge in [-0.25, -0.2) is 9.37 Å². The van der Waals surface area contributed by atoms with Crippen LogP contribution in [0.3, 0.4) is 0 Å². The van der Waals surface area contributed by atoms with Gasteiger partial charge in [-0.1, -0.05) is 12.1 Å². The Morgan fingerprint density at radius 3 is 2.50 bits per heavy atom. The lowest BCUT2D eigenvalue weighted by atomic mass is 10.1. The maximum absolute atomic E-state index is 14.3. The van der Waals surface area contributed by atoms with Crippen LogP contribution in [-0.2, 0) is 13.1 Å². The van der Waals surface area contributed by atoms with Crippen molar-refractivity contribution >= 4 is 5.82 Å². The third kappa shape index (κ3) is 3.75. The van der Waals surface area contributed by atoms with Crippen molar-refractivity contribution in [1.29, 1.82) is 0 Å². The summed E-state index contributed by atoms with van der Waals surface area (Å²) < 4.78 is 16.3. The molecule has 0 amide bonds. The number of benzene rings is 1. The van der Waals surface area contributed by atoms with Gasteiger partial charge in [-0.2, -0.15) is 5.10 Å². The van der Waals surface area contributed by atoms with Crippen molar-refractivity contribution in [3.8, 4) is 11.3 Å². The van der Waals surface area contributed by atoms with Crippen LogP contribution in [-0.4, -0.2) is 50.8 Å². The third-order valence-electron chi connectivity index (χ3n) is 5.25. The first-order valence-electron chi connectivity index (χ1n) is 9.72. The Hall–Kier alpha value is -2.80. The van der Waals surface area contributed by atoms with E-state index in [1.54, 1.807) is 24.5 Å². The molecule has 0 radical (unpaired) electrons. The number of aryl methyl sites for hydroxylation is 2. The van der Waals surface area contributed by atoms with E-state index in [4.69, 9.17) is 0 Å². The molecule has 1 saturated heterocycles. The summed E-state index contributed by atoms with van der Waals surface area (Å²) in [6.07, 6.45) is 5.44. The van der Waals surface area contributed by atoms with Crippen LogP contribution in [0.25, 0.3) is 11.3 Å². The van der Waals surface area contributed by atoms with E-state index in [1.165, 1.54) is 11.6 Å². The van der Waals surface area contributed by atoms with Gasteiger partial charge in [-0.15, -0.1) is 0 Å². The van der Waals surface area contributed by atoms with Gasteiger partial charge in [0, 0.05) is 69.0 Å². The van der Waals surface area contributed by atoms with E-state index in [0.29, 0.717) is 11.3 Å². The number of aromatic nitrogens is 4. The lowest BCUT2D eigenvalue weighted by Gasteiger charge is -2.35. The van der Waals surface area contributed by atoms with Crippen molar-refractivity contribution in [2.45, 2.75) is 26.9 Å². The van der Waals surface area contributed by atoms with Gasteiger partial charge >= 0.3 is 0 Å². The minimum absolute atomic E-state index is 0.272. The average Bonchev–Trinajstić information content (AvgIpc) is 3.08. The molecule has 28 heavy (non-hydrogen) atoms. The minimum Gasteiger partial charge on any atom is -0.352 e. The molecule has 1 aliphatic rings. The molecule has 4 rings (SSSR count). The van der Waals surface area contributed by atoms with Gasteiger partial charge < -0.3 is 4.90 Å². The summed E-state index contributed by atoms with van der Waals surface area (Å²) in [5.74, 6) is 0.480. The van der Waals surface area contributed by atoms with E-state index in [-0.39, 0.29) is 5.82 Å². The van der Waals surface area contributed by atoms with Crippen molar-refractivity contribution in [1.82, 2.24) is 24.6 Å². The van der Waals surface area contributed by atoms with Crippen LogP contribution in [0.15, 0.2) is 42.9 Å². The zero-order valence-electron chi connectivity index (χ0n) is 16.3. The van der Waals surface area contributed by atoms with Gasteiger partial charge in [-0.05, 0) is 26.0 Å². The van der Waals surface area contributed by atoms with Gasteiger partial charge in [0.1, 0.15) is 11.5 Å². The topological polar surface area (TPSA) is 50.1 Å². The zero-order chi connectivity index (χ0) is 19.5. The van der Waals surface area contributed by atoms with Crippen molar-refractivity contribution in [2.24, 2.45) is 0 Å². The molecule has 1 aliphatic heterocycles. The second kappa shape index (κ2) is 8.06. The molecule has 0 aliphatic carbocycles. The third-order valence-corrected chi connectivity index (χ3v) is 5.25. The first-order chi connectivity index (χ1) is 13.7. The molecule has 7 heteroatoms. The van der Waals surface area contributed by atoms with E-state index in [0.717, 1.165) is 50.8 Å². The maximum atomic E-state index is 14.3. The molecular weight excluding hydrogens is 355 g/mol. The molecular formula is C21H25FN6. The Kier molecular flexibility index (Phi) is 5.34. The molecule has 6 nitrogen and oxygen atoms in total. The summed E-state index contributed by atoms with van der Waals surface area (Å²) in [5.41, 5.74) is 3.48. The molecule has 2 aromatic heterocycles. The summed E-state index contributed by atoms with van der Waals surface area (Å²) in [7, 11) is 0. The monoisotopic (exact) mass is 380 g/mol. The lowest BCUT2D eigenvalue weighted by molar-refractivity contribution is 0.249. The van der Waals surface area contributed by atoms with Gasteiger partial charge in [0.2, 0.25) is 0 Å². The standard InChI is InChI=1S/C21H25FN6/c1-3-28-15-17(16(2)25-28)14-26-10-12-27(13-11-26)21-20(23-8-9-24-21)18-6-4-5-7-19(18)22/h4-9,15H,3,10-14H2,1-2H3. The van der Waals surface area contributed by atoms with Crippen LogP contribution in [0, 0.1) is 12.7 Å². The van der Waals surface area contributed by atoms with Crippen molar-refractivity contribution < 1.29 is 4.39 Å². The van der Waals surface area contributed by atoms with Crippen LogP contribution >= 0.6 is 0 Å². The van der Waals surface area contributed by atoms with E-state index in [9.17, 15) is 4.39 Å². The maximum Gasteiger partial charge on any atom is 0.155 e. The largest absolute Gasteiger partial charge is 0.352 e. The first kappa shape index (κ1) is 18.6. The first-order valence-corrected chi connectivity index (χ1v) is 9.72. The Bertz CT molecular complexity index is 946. The Labute approximate surface area is 164 Å². The fourth-order valence-corrected chi connectivity index (χ4v) is 3.64. The molecule has 0 spiro atoms. The van der Waals surface area contributed by atoms with E-state index in [1.807, 2.05) is 10.7 Å². The number of rotatable bonds is 5. The summed E-state index contributed by atoms with van der Waals surface area (Å²) in [6, 6.07) is 6.74. The molecule has 3 heterocycles. The van der Waals surface area contributed by atoms with E-state index in [2.05, 4.69) is 44.9 Å². The molecule has 1 aromatic carbocycles. The van der Waals surface area contributed by atoms with E-state index >= 15 is 0 Å². The quantitative estimate of drug-likeness (QED) is 0.681. The number of hydrogen-bond acceptors (Lipinski definition) is 5. The average molecular weight is 380 g/mol.